The molecule has 2 fully saturated rings. The highest BCUT2D eigenvalue weighted by molar-refractivity contribution is 5.50. The number of hydrogen-bond acceptors (Lipinski definition) is 2. The Bertz CT molecular complexity index is 151. The Balaban J connectivity index is 1.87. The van der Waals surface area contributed by atoms with Crippen LogP contribution in [0.1, 0.15) is 32.1 Å². The van der Waals surface area contributed by atoms with Crippen LogP contribution in [0.2, 0.25) is 0 Å². The van der Waals surface area contributed by atoms with Gasteiger partial charge in [-0.05, 0) is 25.7 Å². The van der Waals surface area contributed by atoms with Gasteiger partial charge in [-0.1, -0.05) is 0 Å². The third kappa shape index (κ3) is 0.966. The van der Waals surface area contributed by atoms with Gasteiger partial charge in [0.05, 0.1) is 0 Å². The van der Waals surface area contributed by atoms with Crippen LogP contribution in [0.5, 0.6) is 0 Å². The van der Waals surface area contributed by atoms with E-state index in [1.54, 1.807) is 0 Å². The van der Waals surface area contributed by atoms with Gasteiger partial charge in [0.25, 0.3) is 0 Å². The Kier molecular flexibility index (Phi) is 1.31. The van der Waals surface area contributed by atoms with Crippen molar-refractivity contribution in [2.75, 3.05) is 0 Å². The lowest BCUT2D eigenvalue weighted by atomic mass is 10.1. The summed E-state index contributed by atoms with van der Waals surface area (Å²) in [6, 6.07) is 0.500. The monoisotopic (exact) mass is 139 g/mol. The number of carbonyl (C=O) groups is 1. The van der Waals surface area contributed by atoms with Gasteiger partial charge in [0.15, 0.2) is 0 Å². The first kappa shape index (κ1) is 6.35. The second kappa shape index (κ2) is 2.06. The number of hydrogen-bond donors (Lipinski definition) is 1. The minimum Gasteiger partial charge on any atom is -0.308 e. The van der Waals surface area contributed by atoms with Crippen molar-refractivity contribution in [2.24, 2.45) is 0 Å². The fourth-order valence-corrected chi connectivity index (χ4v) is 1.87. The van der Waals surface area contributed by atoms with E-state index in [4.69, 9.17) is 0 Å². The second-order valence-electron chi connectivity index (χ2n) is 3.56. The summed E-state index contributed by atoms with van der Waals surface area (Å²) in [6.45, 7) is 0. The van der Waals surface area contributed by atoms with Crippen LogP contribution >= 0.6 is 0 Å². The average molecular weight is 139 g/mol. The molecule has 0 bridgehead atoms. The summed E-state index contributed by atoms with van der Waals surface area (Å²) in [5, 5.41) is 3.51. The predicted molar refractivity (Wildman–Crippen MR) is 38.8 cm³/mol. The molecule has 1 N–H and O–H groups in total. The molecule has 1 aliphatic heterocycles. The standard InChI is InChI=1S/C8H13NO/c10-6-2-7-1-3-8(9-7)4-5-8/h6-7,9H,1-5H2/t7-/m0/s1. The molecular formula is C8H13NO. The van der Waals surface area contributed by atoms with Crippen molar-refractivity contribution in [3.8, 4) is 0 Å². The molecule has 0 aromatic carbocycles. The fraction of sp³-hybridized carbons (Fsp3) is 0.875. The van der Waals surface area contributed by atoms with Gasteiger partial charge in [-0.2, -0.15) is 0 Å². The van der Waals surface area contributed by atoms with E-state index in [2.05, 4.69) is 5.32 Å². The molecule has 1 saturated heterocycles. The largest absolute Gasteiger partial charge is 0.308 e. The molecule has 2 nitrogen and oxygen atoms in total. The molecule has 1 heterocycles. The summed E-state index contributed by atoms with van der Waals surface area (Å²) in [4.78, 5) is 10.2. The van der Waals surface area contributed by atoms with Gasteiger partial charge in [-0.3, -0.25) is 0 Å². The van der Waals surface area contributed by atoms with Crippen molar-refractivity contribution in [3.05, 3.63) is 0 Å². The van der Waals surface area contributed by atoms with E-state index in [0.29, 0.717) is 18.0 Å². The van der Waals surface area contributed by atoms with Crippen LogP contribution < -0.4 is 5.32 Å². The van der Waals surface area contributed by atoms with Crippen LogP contribution in [0, 0.1) is 0 Å². The van der Waals surface area contributed by atoms with Crippen molar-refractivity contribution in [1.29, 1.82) is 0 Å². The lowest BCUT2D eigenvalue weighted by Gasteiger charge is -2.08. The molecule has 0 aromatic rings. The number of nitrogens with one attached hydrogen (secondary N) is 1. The first-order valence-corrected chi connectivity index (χ1v) is 4.06. The lowest BCUT2D eigenvalue weighted by Crippen LogP contribution is -2.30. The Morgan fingerprint density at radius 3 is 2.80 bits per heavy atom. The van der Waals surface area contributed by atoms with Crippen LogP contribution in [-0.2, 0) is 4.79 Å². The van der Waals surface area contributed by atoms with Crippen LogP contribution in [0.25, 0.3) is 0 Å². The SMILES string of the molecule is O=CC[C@@H]1CCC2(CC2)N1. The molecule has 2 rings (SSSR count). The maximum Gasteiger partial charge on any atom is 0.121 e. The summed E-state index contributed by atoms with van der Waals surface area (Å²) in [5.74, 6) is 0. The van der Waals surface area contributed by atoms with Crippen molar-refractivity contribution < 1.29 is 4.79 Å². The molecular weight excluding hydrogens is 126 g/mol. The van der Waals surface area contributed by atoms with E-state index < -0.39 is 0 Å². The van der Waals surface area contributed by atoms with Crippen LogP contribution in [0.4, 0.5) is 0 Å². The minimum absolute atomic E-state index is 0.500. The highest BCUT2D eigenvalue weighted by Crippen LogP contribution is 2.44. The van der Waals surface area contributed by atoms with Crippen molar-refractivity contribution in [2.45, 2.75) is 43.7 Å². The zero-order chi connectivity index (χ0) is 7.03. The minimum atomic E-state index is 0.500. The van der Waals surface area contributed by atoms with E-state index in [9.17, 15) is 4.79 Å². The summed E-state index contributed by atoms with van der Waals surface area (Å²) >= 11 is 0. The average Bonchev–Trinajstić information content (AvgIpc) is 2.52. The van der Waals surface area contributed by atoms with Gasteiger partial charge in [-0.15, -0.1) is 0 Å². The molecule has 0 unspecified atom stereocenters. The van der Waals surface area contributed by atoms with E-state index in [1.165, 1.54) is 25.7 Å². The maximum atomic E-state index is 10.2. The molecule has 1 saturated carbocycles. The fourth-order valence-electron chi connectivity index (χ4n) is 1.87. The predicted octanol–water partition coefficient (Wildman–Crippen LogP) is 0.860. The van der Waals surface area contributed by atoms with Crippen molar-refractivity contribution >= 4 is 6.29 Å². The molecule has 0 aromatic heterocycles. The Labute approximate surface area is 61.0 Å². The Hall–Kier alpha value is -0.370. The summed E-state index contributed by atoms with van der Waals surface area (Å²) in [6.07, 6.45) is 6.91. The van der Waals surface area contributed by atoms with Crippen LogP contribution in [-0.4, -0.2) is 17.9 Å². The van der Waals surface area contributed by atoms with Crippen LogP contribution in [0.3, 0.4) is 0 Å². The van der Waals surface area contributed by atoms with Gasteiger partial charge in [-0.25, -0.2) is 0 Å². The Morgan fingerprint density at radius 1 is 1.50 bits per heavy atom. The molecule has 1 atom stereocenters. The second-order valence-corrected chi connectivity index (χ2v) is 3.56. The quantitative estimate of drug-likeness (QED) is 0.575. The van der Waals surface area contributed by atoms with E-state index in [1.807, 2.05) is 0 Å². The van der Waals surface area contributed by atoms with Gasteiger partial charge in [0.2, 0.25) is 0 Å². The normalized spacial score (nSPS) is 34.6. The molecule has 2 aliphatic rings. The first-order valence-electron chi connectivity index (χ1n) is 4.06. The van der Waals surface area contributed by atoms with E-state index in [0.717, 1.165) is 6.29 Å². The van der Waals surface area contributed by atoms with Crippen molar-refractivity contribution in [1.82, 2.24) is 5.32 Å². The molecule has 1 spiro atoms. The number of rotatable bonds is 2. The third-order valence-electron chi connectivity index (χ3n) is 2.72. The summed E-state index contributed by atoms with van der Waals surface area (Å²) in [7, 11) is 0. The molecule has 10 heavy (non-hydrogen) atoms. The van der Waals surface area contributed by atoms with Crippen molar-refractivity contribution in [3.63, 3.8) is 0 Å². The smallest absolute Gasteiger partial charge is 0.121 e. The summed E-state index contributed by atoms with van der Waals surface area (Å²) in [5.41, 5.74) is 0.508. The zero-order valence-electron chi connectivity index (χ0n) is 6.10. The topological polar surface area (TPSA) is 29.1 Å². The highest BCUT2D eigenvalue weighted by Gasteiger charge is 2.47. The van der Waals surface area contributed by atoms with Gasteiger partial charge >= 0.3 is 0 Å². The molecule has 1 aliphatic carbocycles. The molecule has 56 valence electrons. The van der Waals surface area contributed by atoms with E-state index in [-0.39, 0.29) is 0 Å². The lowest BCUT2D eigenvalue weighted by molar-refractivity contribution is -0.108. The summed E-state index contributed by atoms with van der Waals surface area (Å²) < 4.78 is 0. The highest BCUT2D eigenvalue weighted by atomic mass is 16.1. The number of carbonyl (C=O) groups excluding carboxylic acids is 1. The number of aldehydes is 1. The van der Waals surface area contributed by atoms with Gasteiger partial charge < -0.3 is 10.1 Å². The zero-order valence-corrected chi connectivity index (χ0v) is 6.10. The maximum absolute atomic E-state index is 10.2. The molecule has 0 radical (unpaired) electrons. The van der Waals surface area contributed by atoms with E-state index >= 15 is 0 Å². The molecule has 2 heteroatoms. The van der Waals surface area contributed by atoms with Crippen LogP contribution in [0.15, 0.2) is 0 Å². The Morgan fingerprint density at radius 2 is 2.30 bits per heavy atom. The third-order valence-corrected chi connectivity index (χ3v) is 2.72. The first-order chi connectivity index (χ1) is 4.85. The molecule has 0 amide bonds. The van der Waals surface area contributed by atoms with Gasteiger partial charge in [0.1, 0.15) is 6.29 Å². The van der Waals surface area contributed by atoms with Gasteiger partial charge in [0, 0.05) is 18.0 Å².